The Hall–Kier alpha value is -3.16. The molecule has 0 unspecified atom stereocenters. The molecule has 0 atom stereocenters. The first kappa shape index (κ1) is 18.6. The molecule has 0 N–H and O–H groups in total. The Balaban J connectivity index is 1.64. The van der Waals surface area contributed by atoms with Crippen LogP contribution in [0.25, 0.3) is 0 Å². The van der Waals surface area contributed by atoms with Gasteiger partial charge in [-0.15, -0.1) is 0 Å². The first-order valence-electron chi connectivity index (χ1n) is 8.59. The number of rotatable bonds is 5. The number of nitrogens with zero attached hydrogens (tertiary/aromatic N) is 4. The summed E-state index contributed by atoms with van der Waals surface area (Å²) in [5, 5.41) is 0. The molecule has 0 aliphatic carbocycles. The van der Waals surface area contributed by atoms with E-state index in [0.29, 0.717) is 26.2 Å². The third-order valence-corrected chi connectivity index (χ3v) is 4.49. The maximum absolute atomic E-state index is 12.8. The van der Waals surface area contributed by atoms with Crippen LogP contribution in [-0.4, -0.2) is 72.0 Å². The van der Waals surface area contributed by atoms with E-state index in [-0.39, 0.29) is 29.3 Å². The first-order chi connectivity index (χ1) is 13.1. The van der Waals surface area contributed by atoms with Gasteiger partial charge in [0.25, 0.3) is 5.91 Å². The largest absolute Gasteiger partial charge is 0.480 e. The van der Waals surface area contributed by atoms with Crippen LogP contribution in [0.1, 0.15) is 17.4 Å². The number of allylic oxidation sites excluding steroid dienone is 3. The summed E-state index contributed by atoms with van der Waals surface area (Å²) < 4.78 is 10.2. The van der Waals surface area contributed by atoms with Crippen molar-refractivity contribution in [2.24, 2.45) is 0 Å². The van der Waals surface area contributed by atoms with Gasteiger partial charge in [-0.25, -0.2) is 4.98 Å². The maximum atomic E-state index is 12.8. The van der Waals surface area contributed by atoms with Gasteiger partial charge in [0.1, 0.15) is 0 Å². The van der Waals surface area contributed by atoms with Gasteiger partial charge in [0.05, 0.1) is 20.4 Å². The van der Waals surface area contributed by atoms with Crippen LogP contribution in [0.3, 0.4) is 0 Å². The molecule has 1 aromatic rings. The van der Waals surface area contributed by atoms with Crippen LogP contribution in [0.4, 0.5) is 0 Å². The van der Waals surface area contributed by atoms with Crippen LogP contribution in [0.2, 0.25) is 0 Å². The molecule has 142 valence electrons. The Bertz CT molecular complexity index is 826. The average Bonchev–Trinajstić information content (AvgIpc) is 3.26. The molecule has 3 heterocycles. The SMILES string of the molecule is C/C=C/C=C/C(=O)N1CC2=C(C1)CN(C(=O)c1ncc(OC)nc1OC)C2. The number of hydrogen-bond donors (Lipinski definition) is 0. The Morgan fingerprint density at radius 3 is 2.30 bits per heavy atom. The van der Waals surface area contributed by atoms with Gasteiger partial charge in [0, 0.05) is 32.3 Å². The fourth-order valence-corrected chi connectivity index (χ4v) is 3.13. The number of aromatic nitrogens is 2. The lowest BCUT2D eigenvalue weighted by molar-refractivity contribution is -0.124. The lowest BCUT2D eigenvalue weighted by atomic mass is 10.2. The van der Waals surface area contributed by atoms with Crippen LogP contribution >= 0.6 is 0 Å². The standard InChI is InChI=1S/C19H22N4O4/c1-4-5-6-7-16(24)22-9-13-11-23(12-14(13)10-22)19(25)17-18(27-3)21-15(26-2)8-20-17/h4-8H,9-12H2,1-3H3/b5-4+,7-6+. The lowest BCUT2D eigenvalue weighted by Gasteiger charge is -2.22. The van der Waals surface area contributed by atoms with Crippen molar-refractivity contribution in [3.05, 3.63) is 47.3 Å². The van der Waals surface area contributed by atoms with E-state index in [0.717, 1.165) is 11.1 Å². The molecule has 2 aliphatic heterocycles. The maximum Gasteiger partial charge on any atom is 0.278 e. The van der Waals surface area contributed by atoms with Crippen molar-refractivity contribution in [3.8, 4) is 11.8 Å². The third-order valence-electron chi connectivity index (χ3n) is 4.49. The third kappa shape index (κ3) is 3.84. The van der Waals surface area contributed by atoms with E-state index in [2.05, 4.69) is 9.97 Å². The van der Waals surface area contributed by atoms with Gasteiger partial charge in [-0.05, 0) is 18.1 Å². The van der Waals surface area contributed by atoms with E-state index in [1.807, 2.05) is 19.1 Å². The number of carbonyl (C=O) groups excluding carboxylic acids is 2. The molecular formula is C19H22N4O4. The van der Waals surface area contributed by atoms with Gasteiger partial charge in [0.2, 0.25) is 17.7 Å². The minimum Gasteiger partial charge on any atom is -0.480 e. The molecule has 0 fully saturated rings. The normalized spacial score (nSPS) is 16.6. The van der Waals surface area contributed by atoms with E-state index in [9.17, 15) is 9.59 Å². The first-order valence-corrected chi connectivity index (χ1v) is 8.59. The Kier molecular flexibility index (Phi) is 5.54. The number of carbonyl (C=O) groups is 2. The Morgan fingerprint density at radius 1 is 1.04 bits per heavy atom. The molecule has 2 aliphatic rings. The van der Waals surface area contributed by atoms with Crippen molar-refractivity contribution >= 4 is 11.8 Å². The van der Waals surface area contributed by atoms with Crippen molar-refractivity contribution in [1.29, 1.82) is 0 Å². The quantitative estimate of drug-likeness (QED) is 0.440. The fraction of sp³-hybridized carbons (Fsp3) is 0.368. The average molecular weight is 370 g/mol. The zero-order valence-electron chi connectivity index (χ0n) is 15.6. The summed E-state index contributed by atoms with van der Waals surface area (Å²) in [7, 11) is 2.91. The molecule has 0 bridgehead atoms. The molecule has 8 heteroatoms. The van der Waals surface area contributed by atoms with Gasteiger partial charge in [-0.1, -0.05) is 18.2 Å². The molecule has 0 spiro atoms. The lowest BCUT2D eigenvalue weighted by Crippen LogP contribution is -2.36. The minimum atomic E-state index is -0.248. The van der Waals surface area contributed by atoms with E-state index < -0.39 is 0 Å². The topological polar surface area (TPSA) is 84.9 Å². The van der Waals surface area contributed by atoms with Gasteiger partial charge in [-0.3, -0.25) is 9.59 Å². The zero-order valence-corrected chi connectivity index (χ0v) is 15.6. The number of ether oxygens (including phenoxy) is 2. The smallest absolute Gasteiger partial charge is 0.278 e. The second-order valence-electron chi connectivity index (χ2n) is 6.22. The van der Waals surface area contributed by atoms with Crippen molar-refractivity contribution < 1.29 is 19.1 Å². The van der Waals surface area contributed by atoms with Crippen molar-refractivity contribution in [2.45, 2.75) is 6.92 Å². The van der Waals surface area contributed by atoms with E-state index >= 15 is 0 Å². The molecule has 27 heavy (non-hydrogen) atoms. The predicted octanol–water partition coefficient (Wildman–Crippen LogP) is 1.22. The van der Waals surface area contributed by atoms with Gasteiger partial charge in [-0.2, -0.15) is 4.98 Å². The summed E-state index contributed by atoms with van der Waals surface area (Å²) in [6.07, 6.45) is 8.37. The summed E-state index contributed by atoms with van der Waals surface area (Å²) in [6, 6.07) is 0. The Morgan fingerprint density at radius 2 is 1.70 bits per heavy atom. The van der Waals surface area contributed by atoms with Crippen molar-refractivity contribution in [3.63, 3.8) is 0 Å². The number of amides is 2. The minimum absolute atomic E-state index is 0.0249. The molecule has 0 radical (unpaired) electrons. The van der Waals surface area contributed by atoms with Gasteiger partial charge < -0.3 is 19.3 Å². The van der Waals surface area contributed by atoms with Crippen LogP contribution in [0, 0.1) is 0 Å². The van der Waals surface area contributed by atoms with Crippen molar-refractivity contribution in [2.75, 3.05) is 40.4 Å². The zero-order chi connectivity index (χ0) is 19.4. The summed E-state index contributed by atoms with van der Waals surface area (Å²) in [6.45, 7) is 3.95. The summed E-state index contributed by atoms with van der Waals surface area (Å²) >= 11 is 0. The highest BCUT2D eigenvalue weighted by Crippen LogP contribution is 2.28. The number of hydrogen-bond acceptors (Lipinski definition) is 6. The molecule has 1 aromatic heterocycles. The van der Waals surface area contributed by atoms with Crippen LogP contribution in [-0.2, 0) is 4.79 Å². The summed E-state index contributed by atoms with van der Waals surface area (Å²) in [4.78, 5) is 36.7. The highest BCUT2D eigenvalue weighted by atomic mass is 16.5. The molecule has 0 aromatic carbocycles. The van der Waals surface area contributed by atoms with Crippen molar-refractivity contribution in [1.82, 2.24) is 19.8 Å². The van der Waals surface area contributed by atoms with E-state index in [1.54, 1.807) is 22.0 Å². The highest BCUT2D eigenvalue weighted by molar-refractivity contribution is 5.95. The molecule has 2 amide bonds. The molecule has 0 saturated heterocycles. The van der Waals surface area contributed by atoms with Gasteiger partial charge in [0.15, 0.2) is 5.69 Å². The predicted molar refractivity (Wildman–Crippen MR) is 98.6 cm³/mol. The Labute approximate surface area is 157 Å². The second-order valence-corrected chi connectivity index (χ2v) is 6.22. The molecular weight excluding hydrogens is 348 g/mol. The highest BCUT2D eigenvalue weighted by Gasteiger charge is 2.35. The monoisotopic (exact) mass is 370 g/mol. The fourth-order valence-electron chi connectivity index (χ4n) is 3.13. The molecule has 3 rings (SSSR count). The van der Waals surface area contributed by atoms with E-state index in [1.165, 1.54) is 20.4 Å². The van der Waals surface area contributed by atoms with Crippen LogP contribution < -0.4 is 9.47 Å². The molecule has 0 saturated carbocycles. The molecule has 8 nitrogen and oxygen atoms in total. The second kappa shape index (κ2) is 8.03. The van der Waals surface area contributed by atoms with E-state index in [4.69, 9.17) is 9.47 Å². The van der Waals surface area contributed by atoms with Gasteiger partial charge >= 0.3 is 0 Å². The van der Waals surface area contributed by atoms with Crippen LogP contribution in [0.15, 0.2) is 41.6 Å². The summed E-state index contributed by atoms with van der Waals surface area (Å²) in [5.41, 5.74) is 2.37. The number of methoxy groups -OCH3 is 2. The summed E-state index contributed by atoms with van der Waals surface area (Å²) in [5.74, 6) is 0.147. The van der Waals surface area contributed by atoms with Crippen LogP contribution in [0.5, 0.6) is 11.8 Å².